The Morgan fingerprint density at radius 2 is 1.80 bits per heavy atom. The third kappa shape index (κ3) is 7.70. The largest absolute Gasteiger partial charge is 0.716 e. The van der Waals surface area contributed by atoms with Crippen molar-refractivity contribution in [1.29, 1.82) is 0 Å². The molecule has 192 valence electrons. The molecular weight excluding hydrogens is 464 g/mol. The minimum Gasteiger partial charge on any atom is -0.716 e. The Bertz CT molecular complexity index is 1170. The molecule has 0 atom stereocenters. The summed E-state index contributed by atoms with van der Waals surface area (Å²) in [6, 6.07) is 1.66. The Hall–Kier alpha value is -2.58. The van der Waals surface area contributed by atoms with E-state index in [0.717, 1.165) is 63.0 Å². The van der Waals surface area contributed by atoms with Gasteiger partial charge in [0.25, 0.3) is 16.2 Å². The van der Waals surface area contributed by atoms with Crippen LogP contribution in [0.3, 0.4) is 0 Å². The number of amidine groups is 1. The molecule has 0 saturated carbocycles. The third-order valence-corrected chi connectivity index (χ3v) is 6.86. The zero-order valence-corrected chi connectivity index (χ0v) is 22.1. The average molecular weight is 503 g/mol. The Morgan fingerprint density at radius 1 is 1.11 bits per heavy atom. The molecule has 2 aliphatic heterocycles. The molecule has 8 heteroatoms. The number of nitrogens with one attached hydrogen (secondary N) is 1. The number of nitrogens with zero attached hydrogens (tertiary/aromatic N) is 1. The lowest BCUT2D eigenvalue weighted by molar-refractivity contribution is -0.540. The Morgan fingerprint density at radius 3 is 2.49 bits per heavy atom. The van der Waals surface area contributed by atoms with Crippen molar-refractivity contribution >= 4 is 16.2 Å². The second-order valence-electron chi connectivity index (χ2n) is 9.79. The van der Waals surface area contributed by atoms with Crippen LogP contribution in [0.15, 0.2) is 41.0 Å². The molecule has 0 aliphatic carbocycles. The Labute approximate surface area is 209 Å². The van der Waals surface area contributed by atoms with Crippen molar-refractivity contribution in [2.45, 2.75) is 79.2 Å². The van der Waals surface area contributed by atoms with Crippen LogP contribution in [0.4, 0.5) is 0 Å². The van der Waals surface area contributed by atoms with Gasteiger partial charge in [0, 0.05) is 5.56 Å². The van der Waals surface area contributed by atoms with E-state index in [-0.39, 0.29) is 17.9 Å². The fourth-order valence-electron chi connectivity index (χ4n) is 4.59. The zero-order valence-electron chi connectivity index (χ0n) is 21.3. The van der Waals surface area contributed by atoms with Gasteiger partial charge >= 0.3 is 0 Å². The number of benzene rings is 1. The summed E-state index contributed by atoms with van der Waals surface area (Å²) in [4.78, 5) is 0. The minimum absolute atomic E-state index is 0.0311. The molecule has 0 unspecified atom stereocenters. The summed E-state index contributed by atoms with van der Waals surface area (Å²) in [6.45, 7) is 10.4. The van der Waals surface area contributed by atoms with Crippen LogP contribution in [0.25, 0.3) is 0 Å². The van der Waals surface area contributed by atoms with Crippen LogP contribution in [-0.2, 0) is 23.4 Å². The van der Waals surface area contributed by atoms with E-state index in [1.807, 2.05) is 13.0 Å². The molecule has 1 aromatic rings. The summed E-state index contributed by atoms with van der Waals surface area (Å²) in [5.41, 5.74) is 5.47. The van der Waals surface area contributed by atoms with E-state index in [9.17, 15) is 18.1 Å². The molecule has 3 rings (SSSR count). The van der Waals surface area contributed by atoms with Crippen molar-refractivity contribution in [3.8, 4) is 11.5 Å². The SMILES string of the molecule is CC(C)=CCC/C(C)=C/CC/C(C)=C/Cc1c(O)cc2c(c1OS(=O)(=O)[O-])C[N+]1=C2NCCCC1. The van der Waals surface area contributed by atoms with E-state index < -0.39 is 10.4 Å². The van der Waals surface area contributed by atoms with Crippen LogP contribution in [0.5, 0.6) is 11.5 Å². The minimum atomic E-state index is -5.00. The highest BCUT2D eigenvalue weighted by Gasteiger charge is 2.34. The third-order valence-electron chi connectivity index (χ3n) is 6.49. The van der Waals surface area contributed by atoms with Gasteiger partial charge in [0.15, 0.2) is 5.75 Å². The lowest BCUT2D eigenvalue weighted by atomic mass is 9.98. The summed E-state index contributed by atoms with van der Waals surface area (Å²) in [5, 5.41) is 14.2. The fraction of sp³-hybridized carbons (Fsp3) is 0.519. The van der Waals surface area contributed by atoms with E-state index >= 15 is 0 Å². The molecule has 2 N–H and O–H groups in total. The maximum atomic E-state index is 11.6. The molecule has 0 spiro atoms. The number of phenolic OH excluding ortho intramolecular Hbond substituents is 1. The predicted octanol–water partition coefficient (Wildman–Crippen LogP) is 4.85. The van der Waals surface area contributed by atoms with Crippen LogP contribution >= 0.6 is 0 Å². The first-order valence-corrected chi connectivity index (χ1v) is 13.7. The number of allylic oxidation sites excluding steroid dienone is 6. The van der Waals surface area contributed by atoms with Crippen LogP contribution < -0.4 is 9.50 Å². The monoisotopic (exact) mass is 502 g/mol. The fourth-order valence-corrected chi connectivity index (χ4v) is 4.99. The van der Waals surface area contributed by atoms with Crippen LogP contribution in [-0.4, -0.2) is 41.6 Å². The van der Waals surface area contributed by atoms with E-state index in [4.69, 9.17) is 4.18 Å². The second kappa shape index (κ2) is 11.9. The van der Waals surface area contributed by atoms with Crippen LogP contribution in [0.2, 0.25) is 0 Å². The summed E-state index contributed by atoms with van der Waals surface area (Å²) in [6.07, 6.45) is 12.7. The maximum Gasteiger partial charge on any atom is 0.278 e. The van der Waals surface area contributed by atoms with Gasteiger partial charge < -0.3 is 13.8 Å². The standard InChI is InChI=1S/C27H38N2O5S/c1-19(2)9-7-10-20(3)11-8-12-21(4)13-14-22-25(30)17-23-24(26(22)34-35(31,32)33)18-29-16-6-5-15-28-27(23)29/h9,11,13,17H,5-8,10,12,14-16,18H2,1-4H3,(H2,30,31,32,33)/b20-11+,21-13+. The first-order chi connectivity index (χ1) is 16.5. The van der Waals surface area contributed by atoms with Gasteiger partial charge in [0.05, 0.1) is 24.2 Å². The summed E-state index contributed by atoms with van der Waals surface area (Å²) >= 11 is 0. The second-order valence-corrected chi connectivity index (χ2v) is 10.8. The van der Waals surface area contributed by atoms with Gasteiger partial charge in [-0.2, -0.15) is 0 Å². The number of phenols is 1. The number of aromatic hydroxyl groups is 1. The normalized spacial score (nSPS) is 16.4. The van der Waals surface area contributed by atoms with Crippen molar-refractivity contribution in [2.75, 3.05) is 13.1 Å². The Balaban J connectivity index is 1.77. The average Bonchev–Trinajstić information content (AvgIpc) is 2.93. The zero-order chi connectivity index (χ0) is 25.6. The molecule has 35 heavy (non-hydrogen) atoms. The number of hydrogen-bond donors (Lipinski definition) is 2. The van der Waals surface area contributed by atoms with Gasteiger partial charge in [-0.05, 0) is 78.7 Å². The van der Waals surface area contributed by atoms with Gasteiger partial charge in [-0.25, -0.2) is 8.42 Å². The van der Waals surface area contributed by atoms with E-state index in [1.165, 1.54) is 11.1 Å². The van der Waals surface area contributed by atoms with Crippen LogP contribution in [0, 0.1) is 0 Å². The first kappa shape index (κ1) is 27.0. The molecule has 2 heterocycles. The summed E-state index contributed by atoms with van der Waals surface area (Å²) in [7, 11) is -5.00. The maximum absolute atomic E-state index is 11.6. The lowest BCUT2D eigenvalue weighted by Gasteiger charge is -2.17. The molecular formula is C27H38N2O5S. The molecule has 0 aromatic heterocycles. The van der Waals surface area contributed by atoms with Gasteiger partial charge in [0.1, 0.15) is 12.3 Å². The molecule has 7 nitrogen and oxygen atoms in total. The van der Waals surface area contributed by atoms with E-state index in [1.54, 1.807) is 6.07 Å². The Kier molecular flexibility index (Phi) is 9.19. The molecule has 0 radical (unpaired) electrons. The molecule has 1 aromatic carbocycles. The molecule has 0 fully saturated rings. The van der Waals surface area contributed by atoms with Crippen LogP contribution in [0.1, 0.15) is 82.9 Å². The molecule has 0 saturated heterocycles. The first-order valence-electron chi connectivity index (χ1n) is 12.4. The number of hydrogen-bond acceptors (Lipinski definition) is 6. The highest BCUT2D eigenvalue weighted by atomic mass is 32.3. The summed E-state index contributed by atoms with van der Waals surface area (Å²) in [5.74, 6) is 0.754. The predicted molar refractivity (Wildman–Crippen MR) is 138 cm³/mol. The number of fused-ring (bicyclic) bond motifs is 2. The molecule has 0 amide bonds. The van der Waals surface area contributed by atoms with Crippen molar-refractivity contribution in [3.63, 3.8) is 0 Å². The quantitative estimate of drug-likeness (QED) is 0.205. The number of rotatable bonds is 10. The highest BCUT2D eigenvalue weighted by molar-refractivity contribution is 7.81. The molecule has 2 aliphatic rings. The summed E-state index contributed by atoms with van der Waals surface area (Å²) < 4.78 is 41.8. The molecule has 0 bridgehead atoms. The van der Waals surface area contributed by atoms with Gasteiger partial charge in [-0.15, -0.1) is 0 Å². The van der Waals surface area contributed by atoms with Gasteiger partial charge in [0.2, 0.25) is 0 Å². The van der Waals surface area contributed by atoms with E-state index in [2.05, 4.69) is 42.8 Å². The smallest absolute Gasteiger partial charge is 0.278 e. The van der Waals surface area contributed by atoms with Gasteiger partial charge in [-0.1, -0.05) is 34.9 Å². The topological polar surface area (TPSA) is 102 Å². The van der Waals surface area contributed by atoms with Crippen molar-refractivity contribution in [1.82, 2.24) is 5.32 Å². The van der Waals surface area contributed by atoms with Crippen molar-refractivity contribution in [2.24, 2.45) is 0 Å². The van der Waals surface area contributed by atoms with Crippen molar-refractivity contribution < 1.29 is 26.8 Å². The highest BCUT2D eigenvalue weighted by Crippen LogP contribution is 2.39. The lowest BCUT2D eigenvalue weighted by Crippen LogP contribution is -2.28. The van der Waals surface area contributed by atoms with Gasteiger partial charge in [-0.3, -0.25) is 9.89 Å². The van der Waals surface area contributed by atoms with E-state index in [0.29, 0.717) is 23.2 Å². The van der Waals surface area contributed by atoms with Crippen molar-refractivity contribution in [3.05, 3.63) is 57.7 Å².